The van der Waals surface area contributed by atoms with Crippen LogP contribution in [-0.2, 0) is 32.5 Å². The Hall–Kier alpha value is -2.22. The Morgan fingerprint density at radius 3 is 2.13 bits per heavy atom. The molecule has 1 heterocycles. The molecule has 1 atom stereocenters. The van der Waals surface area contributed by atoms with Crippen molar-refractivity contribution < 1.29 is 23.1 Å². The first-order chi connectivity index (χ1) is 17.8. The van der Waals surface area contributed by atoms with Crippen molar-refractivity contribution in [2.75, 3.05) is 6.54 Å². The third-order valence-corrected chi connectivity index (χ3v) is 10.5. The lowest BCUT2D eigenvalue weighted by Gasteiger charge is -2.36. The lowest BCUT2D eigenvalue weighted by atomic mass is 9.80. The maximum absolute atomic E-state index is 13.7. The van der Waals surface area contributed by atoms with Gasteiger partial charge in [-0.3, -0.25) is 0 Å². The zero-order valence-corrected chi connectivity index (χ0v) is 24.6. The average Bonchev–Trinajstić information content (AvgIpc) is 3.15. The van der Waals surface area contributed by atoms with Crippen LogP contribution in [0.4, 0.5) is 0 Å². The third kappa shape index (κ3) is 5.85. The van der Waals surface area contributed by atoms with Crippen LogP contribution in [0.15, 0.2) is 24.3 Å². The van der Waals surface area contributed by atoms with Gasteiger partial charge in [-0.1, -0.05) is 55.5 Å². The van der Waals surface area contributed by atoms with E-state index in [4.69, 9.17) is 4.74 Å². The molecule has 0 saturated heterocycles. The van der Waals surface area contributed by atoms with Crippen molar-refractivity contribution in [1.29, 1.82) is 0 Å². The maximum atomic E-state index is 13.7. The van der Waals surface area contributed by atoms with Gasteiger partial charge in [-0.05, 0) is 94.2 Å². The summed E-state index contributed by atoms with van der Waals surface area (Å²) in [6.45, 7) is 12.4. The van der Waals surface area contributed by atoms with E-state index in [1.165, 1.54) is 0 Å². The van der Waals surface area contributed by atoms with Crippen LogP contribution in [0.3, 0.4) is 0 Å². The van der Waals surface area contributed by atoms with Crippen LogP contribution in [0.1, 0.15) is 98.8 Å². The highest BCUT2D eigenvalue weighted by Gasteiger charge is 2.38. The van der Waals surface area contributed by atoms with E-state index in [0.717, 1.165) is 77.5 Å². The Kier molecular flexibility index (Phi) is 8.41. The summed E-state index contributed by atoms with van der Waals surface area (Å²) in [5.41, 5.74) is 6.78. The molecule has 0 bridgehead atoms. The van der Waals surface area contributed by atoms with E-state index in [2.05, 4.69) is 0 Å². The Morgan fingerprint density at radius 1 is 0.974 bits per heavy atom. The first kappa shape index (κ1) is 28.8. The SMILES string of the molecule is Cc1ccc(-c2c(C)c3c(c(C)c2C(OC(C)(C)C)C(=O)O)CCN(S(=O)(=O)C2CCCCCC2)C3)cc1. The number of fused-ring (bicyclic) bond motifs is 1. The quantitative estimate of drug-likeness (QED) is 0.415. The predicted molar refractivity (Wildman–Crippen MR) is 152 cm³/mol. The fourth-order valence-electron chi connectivity index (χ4n) is 6.17. The summed E-state index contributed by atoms with van der Waals surface area (Å²) in [6, 6.07) is 8.09. The summed E-state index contributed by atoms with van der Waals surface area (Å²) >= 11 is 0. The van der Waals surface area contributed by atoms with Gasteiger partial charge in [0.15, 0.2) is 6.10 Å². The van der Waals surface area contributed by atoms with E-state index in [0.29, 0.717) is 25.1 Å². The monoisotopic (exact) mass is 541 g/mol. The number of carboxylic acids is 1. The molecular weight excluding hydrogens is 498 g/mol. The Morgan fingerprint density at radius 2 is 1.58 bits per heavy atom. The van der Waals surface area contributed by atoms with E-state index >= 15 is 0 Å². The summed E-state index contributed by atoms with van der Waals surface area (Å²) in [5, 5.41) is 10.0. The van der Waals surface area contributed by atoms with Crippen molar-refractivity contribution in [2.24, 2.45) is 0 Å². The number of hydrogen-bond donors (Lipinski definition) is 1. The molecule has 1 fully saturated rings. The van der Waals surface area contributed by atoms with Crippen molar-refractivity contribution >= 4 is 16.0 Å². The number of aryl methyl sites for hydroxylation is 1. The molecule has 1 aliphatic heterocycles. The van der Waals surface area contributed by atoms with E-state index in [-0.39, 0.29) is 5.25 Å². The summed E-state index contributed by atoms with van der Waals surface area (Å²) in [7, 11) is -3.41. The molecule has 0 radical (unpaired) electrons. The molecule has 2 aliphatic rings. The van der Waals surface area contributed by atoms with Crippen molar-refractivity contribution in [1.82, 2.24) is 4.31 Å². The topological polar surface area (TPSA) is 83.9 Å². The van der Waals surface area contributed by atoms with Gasteiger partial charge in [0.05, 0.1) is 10.9 Å². The molecule has 6 nitrogen and oxygen atoms in total. The highest BCUT2D eigenvalue weighted by Crippen LogP contribution is 2.43. The summed E-state index contributed by atoms with van der Waals surface area (Å²) < 4.78 is 35.3. The second-order valence-electron chi connectivity index (χ2n) is 12.1. The molecule has 2 aromatic rings. The molecule has 1 N–H and O–H groups in total. The van der Waals surface area contributed by atoms with Gasteiger partial charge in [0.1, 0.15) is 0 Å². The van der Waals surface area contributed by atoms with Crippen LogP contribution in [0.2, 0.25) is 0 Å². The number of nitrogens with zero attached hydrogens (tertiary/aromatic N) is 1. The van der Waals surface area contributed by atoms with Crippen LogP contribution in [0.5, 0.6) is 0 Å². The van der Waals surface area contributed by atoms with Gasteiger partial charge in [0.25, 0.3) is 0 Å². The molecule has 1 aliphatic carbocycles. The number of ether oxygens (including phenoxy) is 1. The zero-order valence-electron chi connectivity index (χ0n) is 23.8. The first-order valence-electron chi connectivity index (χ1n) is 13.9. The van der Waals surface area contributed by atoms with Crippen LogP contribution >= 0.6 is 0 Å². The molecule has 1 unspecified atom stereocenters. The molecule has 2 aromatic carbocycles. The van der Waals surface area contributed by atoms with Crippen molar-refractivity contribution in [3.63, 3.8) is 0 Å². The predicted octanol–water partition coefficient (Wildman–Crippen LogP) is 6.63. The highest BCUT2D eigenvalue weighted by atomic mass is 32.2. The molecule has 0 aromatic heterocycles. The van der Waals surface area contributed by atoms with Gasteiger partial charge in [-0.2, -0.15) is 4.31 Å². The minimum atomic E-state index is -3.41. The summed E-state index contributed by atoms with van der Waals surface area (Å²) in [4.78, 5) is 12.6. The smallest absolute Gasteiger partial charge is 0.337 e. The third-order valence-electron chi connectivity index (χ3n) is 8.15. The number of rotatable bonds is 6. The number of sulfonamides is 1. The van der Waals surface area contributed by atoms with Crippen molar-refractivity contribution in [3.8, 4) is 11.1 Å². The number of hydrogen-bond acceptors (Lipinski definition) is 4. The number of benzene rings is 2. The molecule has 4 rings (SSSR count). The lowest BCUT2D eigenvalue weighted by Crippen LogP contribution is -2.42. The van der Waals surface area contributed by atoms with Crippen LogP contribution in [-0.4, -0.2) is 41.2 Å². The number of carboxylic acid groups (broad SMARTS) is 1. The average molecular weight is 542 g/mol. The normalized spacial score (nSPS) is 18.6. The van der Waals surface area contributed by atoms with Gasteiger partial charge >= 0.3 is 5.97 Å². The fraction of sp³-hybridized carbons (Fsp3) is 0.581. The Labute approximate surface area is 228 Å². The van der Waals surface area contributed by atoms with E-state index < -0.39 is 27.7 Å². The molecule has 208 valence electrons. The van der Waals surface area contributed by atoms with Crippen LogP contribution in [0, 0.1) is 20.8 Å². The van der Waals surface area contributed by atoms with E-state index in [9.17, 15) is 18.3 Å². The molecular formula is C31H43NO5S. The van der Waals surface area contributed by atoms with E-state index in [1.807, 2.05) is 65.8 Å². The molecule has 7 heteroatoms. The van der Waals surface area contributed by atoms with Gasteiger partial charge in [0.2, 0.25) is 10.0 Å². The lowest BCUT2D eigenvalue weighted by molar-refractivity contribution is -0.160. The minimum Gasteiger partial charge on any atom is -0.479 e. The summed E-state index contributed by atoms with van der Waals surface area (Å²) in [5.74, 6) is -1.02. The van der Waals surface area contributed by atoms with Gasteiger partial charge < -0.3 is 9.84 Å². The second kappa shape index (κ2) is 11.1. The van der Waals surface area contributed by atoms with Gasteiger partial charge in [-0.25, -0.2) is 13.2 Å². The Balaban J connectivity index is 1.87. The largest absolute Gasteiger partial charge is 0.479 e. The standard InChI is InChI=1S/C31H43NO5S/c1-20-13-15-23(16-14-20)27-22(3)26-19-32(38(35,36)24-11-9-7-8-10-12-24)18-17-25(26)21(2)28(27)29(30(33)34)37-31(4,5)6/h13-16,24,29H,7-12,17-19H2,1-6H3,(H,33,34). The Bertz CT molecular complexity index is 1280. The fourth-order valence-corrected chi connectivity index (χ4v) is 8.18. The molecule has 0 spiro atoms. The van der Waals surface area contributed by atoms with Gasteiger partial charge in [-0.15, -0.1) is 0 Å². The van der Waals surface area contributed by atoms with Crippen LogP contribution < -0.4 is 0 Å². The second-order valence-corrected chi connectivity index (χ2v) is 14.3. The van der Waals surface area contributed by atoms with Crippen molar-refractivity contribution in [3.05, 3.63) is 57.6 Å². The maximum Gasteiger partial charge on any atom is 0.337 e. The van der Waals surface area contributed by atoms with Crippen LogP contribution in [0.25, 0.3) is 11.1 Å². The van der Waals surface area contributed by atoms with E-state index in [1.54, 1.807) is 4.31 Å². The molecule has 0 amide bonds. The highest BCUT2D eigenvalue weighted by molar-refractivity contribution is 7.89. The van der Waals surface area contributed by atoms with Crippen molar-refractivity contribution in [2.45, 2.75) is 110 Å². The first-order valence-corrected chi connectivity index (χ1v) is 15.4. The minimum absolute atomic E-state index is 0.305. The number of carbonyl (C=O) groups is 1. The molecule has 1 saturated carbocycles. The van der Waals surface area contributed by atoms with Gasteiger partial charge in [0, 0.05) is 18.7 Å². The number of aliphatic carboxylic acids is 1. The molecule has 38 heavy (non-hydrogen) atoms. The summed E-state index contributed by atoms with van der Waals surface area (Å²) in [6.07, 6.45) is 5.06. The zero-order chi connectivity index (χ0) is 27.8.